The molecule has 0 aliphatic heterocycles. The van der Waals surface area contributed by atoms with Crippen molar-refractivity contribution in [2.45, 2.75) is 59.6 Å². The molecule has 120 valence electrons. The Hall–Kier alpha value is -1.36. The van der Waals surface area contributed by atoms with Gasteiger partial charge in [0, 0.05) is 31.8 Å². The van der Waals surface area contributed by atoms with Gasteiger partial charge in [0.1, 0.15) is 18.2 Å². The first-order chi connectivity index (χ1) is 9.94. The molecule has 0 spiro atoms. The van der Waals surface area contributed by atoms with Gasteiger partial charge in [0.25, 0.3) is 0 Å². The fraction of sp³-hybridized carbons (Fsp3) is 0.750. The average Bonchev–Trinajstić information content (AvgIpc) is 2.49. The van der Waals surface area contributed by atoms with E-state index in [2.05, 4.69) is 54.9 Å². The van der Waals surface area contributed by atoms with Gasteiger partial charge in [0.15, 0.2) is 5.82 Å². The van der Waals surface area contributed by atoms with Crippen molar-refractivity contribution in [1.82, 2.24) is 9.97 Å². The summed E-state index contributed by atoms with van der Waals surface area (Å²) in [5.41, 5.74) is 0.0548. The second-order valence-electron chi connectivity index (χ2n) is 5.82. The van der Waals surface area contributed by atoms with Crippen LogP contribution in [0.5, 0.6) is 0 Å². The van der Waals surface area contributed by atoms with Crippen molar-refractivity contribution in [3.8, 4) is 0 Å². The molecule has 0 saturated heterocycles. The largest absolute Gasteiger partial charge is 0.374 e. The normalized spacial score (nSPS) is 11.5. The van der Waals surface area contributed by atoms with Gasteiger partial charge < -0.3 is 15.0 Å². The Bertz CT molecular complexity index is 408. The van der Waals surface area contributed by atoms with Crippen molar-refractivity contribution in [3.05, 3.63) is 11.9 Å². The van der Waals surface area contributed by atoms with Crippen molar-refractivity contribution in [1.29, 1.82) is 0 Å². The highest BCUT2D eigenvalue weighted by atomic mass is 16.5. The lowest BCUT2D eigenvalue weighted by Crippen LogP contribution is -2.41. The van der Waals surface area contributed by atoms with Gasteiger partial charge in [-0.05, 0) is 33.6 Å². The maximum Gasteiger partial charge on any atom is 0.158 e. The van der Waals surface area contributed by atoms with E-state index in [9.17, 15) is 0 Å². The summed E-state index contributed by atoms with van der Waals surface area (Å²) >= 11 is 0. The molecule has 5 heteroatoms. The van der Waals surface area contributed by atoms with Crippen LogP contribution in [0.1, 0.15) is 53.3 Å². The van der Waals surface area contributed by atoms with E-state index >= 15 is 0 Å². The zero-order chi connectivity index (χ0) is 15.9. The molecule has 1 heterocycles. The molecule has 0 aromatic carbocycles. The number of anilines is 2. The maximum absolute atomic E-state index is 5.45. The Labute approximate surface area is 129 Å². The number of rotatable bonds is 9. The third-order valence-corrected chi connectivity index (χ3v) is 3.87. The molecule has 1 N–H and O–H groups in total. The number of hydrogen-bond donors (Lipinski definition) is 1. The van der Waals surface area contributed by atoms with Crippen LogP contribution in [0.3, 0.4) is 0 Å². The molecule has 0 amide bonds. The number of ether oxygens (including phenoxy) is 1. The lowest BCUT2D eigenvalue weighted by atomic mass is 10.00. The van der Waals surface area contributed by atoms with Gasteiger partial charge >= 0.3 is 0 Å². The molecule has 0 aliphatic carbocycles. The Kier molecular flexibility index (Phi) is 6.89. The Morgan fingerprint density at radius 3 is 2.52 bits per heavy atom. The highest BCUT2D eigenvalue weighted by Crippen LogP contribution is 2.25. The average molecular weight is 294 g/mol. The van der Waals surface area contributed by atoms with E-state index in [-0.39, 0.29) is 5.54 Å². The first kappa shape index (κ1) is 17.7. The molecular formula is C16H30N4O. The summed E-state index contributed by atoms with van der Waals surface area (Å²) in [4.78, 5) is 11.4. The predicted molar refractivity (Wildman–Crippen MR) is 88.9 cm³/mol. The van der Waals surface area contributed by atoms with E-state index < -0.39 is 0 Å². The third-order valence-electron chi connectivity index (χ3n) is 3.87. The standard InChI is InChI=1S/C16H30N4O/c1-7-10-17-13-11-15(20(6)16(4,5)8-2)19-14(18-13)12-21-9-3/h11H,7-10,12H2,1-6H3,(H,17,18,19). The number of nitrogens with zero attached hydrogens (tertiary/aromatic N) is 3. The number of aromatic nitrogens is 2. The monoisotopic (exact) mass is 294 g/mol. The minimum atomic E-state index is 0.0548. The fourth-order valence-electron chi connectivity index (χ4n) is 1.80. The molecular weight excluding hydrogens is 264 g/mol. The highest BCUT2D eigenvalue weighted by Gasteiger charge is 2.23. The minimum absolute atomic E-state index is 0.0548. The van der Waals surface area contributed by atoms with Crippen molar-refractivity contribution < 1.29 is 4.74 Å². The van der Waals surface area contributed by atoms with Crippen molar-refractivity contribution in [2.75, 3.05) is 30.4 Å². The lowest BCUT2D eigenvalue weighted by molar-refractivity contribution is 0.128. The molecule has 0 fully saturated rings. The SMILES string of the molecule is CCCNc1cc(N(C)C(C)(C)CC)nc(COCC)n1. The zero-order valence-electron chi connectivity index (χ0n) is 14.4. The van der Waals surface area contributed by atoms with Crippen LogP contribution in [0.2, 0.25) is 0 Å². The van der Waals surface area contributed by atoms with Crippen molar-refractivity contribution >= 4 is 11.6 Å². The molecule has 0 aliphatic rings. The quantitative estimate of drug-likeness (QED) is 0.756. The van der Waals surface area contributed by atoms with Crippen molar-refractivity contribution in [3.63, 3.8) is 0 Å². The van der Waals surface area contributed by atoms with Crippen LogP contribution in [0.4, 0.5) is 11.6 Å². The molecule has 5 nitrogen and oxygen atoms in total. The first-order valence-electron chi connectivity index (χ1n) is 7.88. The molecule has 21 heavy (non-hydrogen) atoms. The Morgan fingerprint density at radius 1 is 1.24 bits per heavy atom. The topological polar surface area (TPSA) is 50.3 Å². The molecule has 0 radical (unpaired) electrons. The number of hydrogen-bond acceptors (Lipinski definition) is 5. The summed E-state index contributed by atoms with van der Waals surface area (Å²) < 4.78 is 5.45. The molecule has 1 aromatic rings. The lowest BCUT2D eigenvalue weighted by Gasteiger charge is -2.36. The van der Waals surface area contributed by atoms with Crippen LogP contribution in [-0.2, 0) is 11.3 Å². The summed E-state index contributed by atoms with van der Waals surface area (Å²) in [5.74, 6) is 2.53. The Morgan fingerprint density at radius 2 is 1.95 bits per heavy atom. The smallest absolute Gasteiger partial charge is 0.158 e. The van der Waals surface area contributed by atoms with Gasteiger partial charge in [-0.2, -0.15) is 0 Å². The van der Waals surface area contributed by atoms with E-state index in [0.717, 1.165) is 36.8 Å². The summed E-state index contributed by atoms with van der Waals surface area (Å²) in [7, 11) is 2.08. The number of nitrogens with one attached hydrogen (secondary N) is 1. The van der Waals surface area contributed by atoms with Crippen LogP contribution < -0.4 is 10.2 Å². The van der Waals surface area contributed by atoms with Crippen LogP contribution >= 0.6 is 0 Å². The van der Waals surface area contributed by atoms with Gasteiger partial charge in [-0.1, -0.05) is 13.8 Å². The van der Waals surface area contributed by atoms with Gasteiger partial charge in [0.05, 0.1) is 0 Å². The Balaban J connectivity index is 3.05. The van der Waals surface area contributed by atoms with Crippen LogP contribution in [0.25, 0.3) is 0 Å². The van der Waals surface area contributed by atoms with Gasteiger partial charge in [-0.3, -0.25) is 0 Å². The van der Waals surface area contributed by atoms with Crippen LogP contribution in [0.15, 0.2) is 6.07 Å². The van der Waals surface area contributed by atoms with E-state index in [4.69, 9.17) is 4.74 Å². The summed E-state index contributed by atoms with van der Waals surface area (Å²) in [6.45, 7) is 12.8. The van der Waals surface area contributed by atoms with Gasteiger partial charge in [-0.25, -0.2) is 9.97 Å². The molecule has 0 saturated carbocycles. The molecule has 1 rings (SSSR count). The highest BCUT2D eigenvalue weighted by molar-refractivity contribution is 5.50. The molecule has 0 bridgehead atoms. The third kappa shape index (κ3) is 5.16. The van der Waals surface area contributed by atoms with E-state index in [1.165, 1.54) is 0 Å². The van der Waals surface area contributed by atoms with E-state index in [1.807, 2.05) is 13.0 Å². The molecule has 1 aromatic heterocycles. The fourth-order valence-corrected chi connectivity index (χ4v) is 1.80. The first-order valence-corrected chi connectivity index (χ1v) is 7.88. The summed E-state index contributed by atoms with van der Waals surface area (Å²) in [6, 6.07) is 2.02. The second-order valence-corrected chi connectivity index (χ2v) is 5.82. The van der Waals surface area contributed by atoms with Gasteiger partial charge in [0.2, 0.25) is 0 Å². The summed E-state index contributed by atoms with van der Waals surface area (Å²) in [5, 5.41) is 3.34. The minimum Gasteiger partial charge on any atom is -0.374 e. The van der Waals surface area contributed by atoms with E-state index in [1.54, 1.807) is 0 Å². The predicted octanol–water partition coefficient (Wildman–Crippen LogP) is 3.46. The van der Waals surface area contributed by atoms with Gasteiger partial charge in [-0.15, -0.1) is 0 Å². The van der Waals surface area contributed by atoms with Crippen LogP contribution in [-0.4, -0.2) is 35.7 Å². The van der Waals surface area contributed by atoms with Crippen molar-refractivity contribution in [2.24, 2.45) is 0 Å². The molecule has 0 atom stereocenters. The maximum atomic E-state index is 5.45. The second kappa shape index (κ2) is 8.17. The molecule has 0 unspecified atom stereocenters. The van der Waals surface area contributed by atoms with E-state index in [0.29, 0.717) is 13.2 Å². The summed E-state index contributed by atoms with van der Waals surface area (Å²) in [6.07, 6.45) is 2.11. The zero-order valence-corrected chi connectivity index (χ0v) is 14.4. The van der Waals surface area contributed by atoms with Crippen LogP contribution in [0, 0.1) is 0 Å².